The first-order valence-corrected chi connectivity index (χ1v) is 7.86. The predicted octanol–water partition coefficient (Wildman–Crippen LogP) is 2.87. The largest absolute Gasteiger partial charge is 0.485 e. The highest BCUT2D eigenvalue weighted by Gasteiger charge is 2.42. The standard InChI is InChI=1S/C19H20FNO3/c1-19(2)18(23)17(14-5-3-4-6-16(14)24-19)21-11-15(22)12-7-9-13(20)10-8-12/h3-10,17-18,21,23H,11H2,1-2H3/t17-,18+/m0/s1. The Kier molecular flexibility index (Phi) is 4.39. The van der Waals surface area contributed by atoms with Gasteiger partial charge in [-0.15, -0.1) is 0 Å². The second-order valence-corrected chi connectivity index (χ2v) is 6.48. The molecule has 3 rings (SSSR count). The number of Topliss-reactive ketones (excluding diaryl/α,β-unsaturated/α-hetero) is 1. The fourth-order valence-corrected chi connectivity index (χ4v) is 2.91. The molecule has 0 radical (unpaired) electrons. The van der Waals surface area contributed by atoms with E-state index >= 15 is 0 Å². The normalized spacial score (nSPS) is 21.7. The third-order valence-corrected chi connectivity index (χ3v) is 4.30. The van der Waals surface area contributed by atoms with Gasteiger partial charge in [0.05, 0.1) is 12.6 Å². The quantitative estimate of drug-likeness (QED) is 0.847. The second-order valence-electron chi connectivity index (χ2n) is 6.48. The molecule has 0 fully saturated rings. The van der Waals surface area contributed by atoms with Crippen LogP contribution in [0.1, 0.15) is 35.8 Å². The lowest BCUT2D eigenvalue weighted by atomic mass is 9.86. The average molecular weight is 329 g/mol. The van der Waals surface area contributed by atoms with Gasteiger partial charge in [-0.2, -0.15) is 0 Å². The Morgan fingerprint density at radius 3 is 2.58 bits per heavy atom. The Morgan fingerprint density at radius 2 is 1.88 bits per heavy atom. The Balaban J connectivity index is 1.78. The van der Waals surface area contributed by atoms with E-state index in [2.05, 4.69) is 5.32 Å². The van der Waals surface area contributed by atoms with E-state index in [0.29, 0.717) is 11.3 Å². The lowest BCUT2D eigenvalue weighted by molar-refractivity contribution is -0.0640. The van der Waals surface area contributed by atoms with Gasteiger partial charge in [-0.05, 0) is 44.2 Å². The van der Waals surface area contributed by atoms with Crippen molar-refractivity contribution >= 4 is 5.78 Å². The summed E-state index contributed by atoms with van der Waals surface area (Å²) in [5.41, 5.74) is 0.472. The number of carbonyl (C=O) groups excluding carboxylic acids is 1. The molecular weight excluding hydrogens is 309 g/mol. The minimum atomic E-state index is -0.812. The third kappa shape index (κ3) is 3.18. The van der Waals surface area contributed by atoms with Crippen LogP contribution in [-0.2, 0) is 0 Å². The summed E-state index contributed by atoms with van der Waals surface area (Å²) in [4.78, 5) is 12.3. The van der Waals surface area contributed by atoms with Crippen molar-refractivity contribution in [2.45, 2.75) is 31.6 Å². The molecule has 0 unspecified atom stereocenters. The van der Waals surface area contributed by atoms with Crippen LogP contribution in [0, 0.1) is 5.82 Å². The molecule has 2 aromatic rings. The van der Waals surface area contributed by atoms with Gasteiger partial charge in [-0.25, -0.2) is 4.39 Å². The summed E-state index contributed by atoms with van der Waals surface area (Å²) in [5.74, 6) is 0.151. The molecule has 0 spiro atoms. The summed E-state index contributed by atoms with van der Waals surface area (Å²) in [6, 6.07) is 12.5. The van der Waals surface area contributed by atoms with Crippen LogP contribution in [0.15, 0.2) is 48.5 Å². The number of nitrogens with one attached hydrogen (secondary N) is 1. The van der Waals surface area contributed by atoms with Crippen molar-refractivity contribution in [1.29, 1.82) is 0 Å². The van der Waals surface area contributed by atoms with Gasteiger partial charge in [0.1, 0.15) is 23.3 Å². The van der Waals surface area contributed by atoms with Gasteiger partial charge in [0.15, 0.2) is 5.78 Å². The number of carbonyl (C=O) groups is 1. The highest BCUT2D eigenvalue weighted by Crippen LogP contribution is 2.39. The molecule has 1 aliphatic rings. The molecule has 0 aliphatic carbocycles. The zero-order chi connectivity index (χ0) is 17.3. The number of aliphatic hydroxyl groups is 1. The molecule has 4 nitrogen and oxygen atoms in total. The van der Waals surface area contributed by atoms with Crippen molar-refractivity contribution < 1.29 is 19.0 Å². The summed E-state index contributed by atoms with van der Waals surface area (Å²) in [6.07, 6.45) is -0.812. The van der Waals surface area contributed by atoms with Crippen molar-refractivity contribution in [1.82, 2.24) is 5.32 Å². The van der Waals surface area contributed by atoms with Gasteiger partial charge < -0.3 is 15.2 Å². The SMILES string of the molecule is CC1(C)Oc2ccccc2[C@H](NCC(=O)c2ccc(F)cc2)[C@H]1O. The van der Waals surface area contributed by atoms with E-state index < -0.39 is 17.7 Å². The third-order valence-electron chi connectivity index (χ3n) is 4.30. The maximum Gasteiger partial charge on any atom is 0.176 e. The Bertz CT molecular complexity index is 743. The van der Waals surface area contributed by atoms with Crippen LogP contribution < -0.4 is 10.1 Å². The van der Waals surface area contributed by atoms with Crippen LogP contribution in [0.4, 0.5) is 4.39 Å². The van der Waals surface area contributed by atoms with E-state index in [1.165, 1.54) is 24.3 Å². The molecule has 1 heterocycles. The number of halogens is 1. The molecule has 2 atom stereocenters. The lowest BCUT2D eigenvalue weighted by Gasteiger charge is -2.42. The summed E-state index contributed by atoms with van der Waals surface area (Å²) >= 11 is 0. The number of para-hydroxylation sites is 1. The molecular formula is C19H20FNO3. The number of aliphatic hydroxyl groups excluding tert-OH is 1. The highest BCUT2D eigenvalue weighted by molar-refractivity contribution is 5.97. The second kappa shape index (κ2) is 6.34. The molecule has 126 valence electrons. The minimum Gasteiger partial charge on any atom is -0.485 e. The van der Waals surface area contributed by atoms with E-state index in [1.807, 2.05) is 38.1 Å². The predicted molar refractivity (Wildman–Crippen MR) is 88.6 cm³/mol. The first kappa shape index (κ1) is 16.6. The van der Waals surface area contributed by atoms with E-state index in [9.17, 15) is 14.3 Å². The van der Waals surface area contributed by atoms with Gasteiger partial charge in [0.2, 0.25) is 0 Å². The van der Waals surface area contributed by atoms with Crippen molar-refractivity contribution in [3.8, 4) is 5.75 Å². The van der Waals surface area contributed by atoms with Crippen molar-refractivity contribution in [2.75, 3.05) is 6.54 Å². The van der Waals surface area contributed by atoms with E-state index in [-0.39, 0.29) is 18.1 Å². The molecule has 24 heavy (non-hydrogen) atoms. The van der Waals surface area contributed by atoms with Crippen molar-refractivity contribution in [2.24, 2.45) is 0 Å². The number of fused-ring (bicyclic) bond motifs is 1. The molecule has 2 aromatic carbocycles. The van der Waals surface area contributed by atoms with Gasteiger partial charge in [0.25, 0.3) is 0 Å². The Hall–Kier alpha value is -2.24. The van der Waals surface area contributed by atoms with Gasteiger partial charge in [-0.3, -0.25) is 4.79 Å². The molecule has 0 bridgehead atoms. The number of benzene rings is 2. The smallest absolute Gasteiger partial charge is 0.176 e. The fourth-order valence-electron chi connectivity index (χ4n) is 2.91. The van der Waals surface area contributed by atoms with Crippen molar-refractivity contribution in [3.05, 3.63) is 65.5 Å². The van der Waals surface area contributed by atoms with E-state index in [0.717, 1.165) is 5.56 Å². The molecule has 5 heteroatoms. The zero-order valence-corrected chi connectivity index (χ0v) is 13.6. The maximum absolute atomic E-state index is 13.0. The first-order valence-electron chi connectivity index (χ1n) is 7.86. The van der Waals surface area contributed by atoms with Crippen LogP contribution in [0.2, 0.25) is 0 Å². The van der Waals surface area contributed by atoms with Crippen LogP contribution in [0.3, 0.4) is 0 Å². The van der Waals surface area contributed by atoms with Gasteiger partial charge >= 0.3 is 0 Å². The number of ether oxygens (including phenoxy) is 1. The number of ketones is 1. The minimum absolute atomic E-state index is 0.0395. The Morgan fingerprint density at radius 1 is 1.21 bits per heavy atom. The number of hydrogen-bond acceptors (Lipinski definition) is 4. The molecule has 1 aliphatic heterocycles. The van der Waals surface area contributed by atoms with Crippen LogP contribution >= 0.6 is 0 Å². The number of hydrogen-bond donors (Lipinski definition) is 2. The molecule has 0 aromatic heterocycles. The summed E-state index contributed by atoms with van der Waals surface area (Å²) in [6.45, 7) is 3.66. The summed E-state index contributed by atoms with van der Waals surface area (Å²) in [7, 11) is 0. The summed E-state index contributed by atoms with van der Waals surface area (Å²) < 4.78 is 18.8. The topological polar surface area (TPSA) is 58.6 Å². The number of rotatable bonds is 4. The molecule has 0 saturated heterocycles. The lowest BCUT2D eigenvalue weighted by Crippen LogP contribution is -2.53. The van der Waals surface area contributed by atoms with E-state index in [1.54, 1.807) is 0 Å². The molecule has 0 saturated carbocycles. The van der Waals surface area contributed by atoms with Gasteiger partial charge in [0, 0.05) is 11.1 Å². The fraction of sp³-hybridized carbons (Fsp3) is 0.316. The van der Waals surface area contributed by atoms with Crippen molar-refractivity contribution in [3.63, 3.8) is 0 Å². The maximum atomic E-state index is 13.0. The summed E-state index contributed by atoms with van der Waals surface area (Å²) in [5, 5.41) is 13.7. The molecule has 2 N–H and O–H groups in total. The average Bonchev–Trinajstić information content (AvgIpc) is 2.55. The van der Waals surface area contributed by atoms with Crippen LogP contribution in [0.5, 0.6) is 5.75 Å². The zero-order valence-electron chi connectivity index (χ0n) is 13.6. The highest BCUT2D eigenvalue weighted by atomic mass is 19.1. The van der Waals surface area contributed by atoms with E-state index in [4.69, 9.17) is 4.74 Å². The van der Waals surface area contributed by atoms with Crippen LogP contribution in [-0.4, -0.2) is 29.1 Å². The Labute approximate surface area is 140 Å². The van der Waals surface area contributed by atoms with Crippen LogP contribution in [0.25, 0.3) is 0 Å². The van der Waals surface area contributed by atoms with Gasteiger partial charge in [-0.1, -0.05) is 18.2 Å². The molecule has 0 amide bonds. The first-order chi connectivity index (χ1) is 11.4. The monoisotopic (exact) mass is 329 g/mol.